The van der Waals surface area contributed by atoms with Gasteiger partial charge in [-0.1, -0.05) is 106 Å². The van der Waals surface area contributed by atoms with Gasteiger partial charge in [0.15, 0.2) is 0 Å². The first kappa shape index (κ1) is 26.0. The third-order valence-corrected chi connectivity index (χ3v) is 10.3. The Labute approximate surface area is 220 Å². The van der Waals surface area contributed by atoms with Gasteiger partial charge in [-0.2, -0.15) is 0 Å². The zero-order chi connectivity index (χ0) is 25.4. The molecule has 0 aromatic heterocycles. The molecule has 2 aromatic rings. The van der Waals surface area contributed by atoms with Crippen LogP contribution >= 0.6 is 0 Å². The van der Waals surface area contributed by atoms with Crippen LogP contribution in [0.2, 0.25) is 0 Å². The van der Waals surface area contributed by atoms with Crippen LogP contribution in [-0.4, -0.2) is 18.3 Å². The molecule has 3 fully saturated rings. The van der Waals surface area contributed by atoms with Gasteiger partial charge in [0, 0.05) is 5.41 Å². The zero-order valence-corrected chi connectivity index (χ0v) is 23.4. The van der Waals surface area contributed by atoms with E-state index in [1.807, 2.05) is 0 Å². The van der Waals surface area contributed by atoms with Gasteiger partial charge in [-0.3, -0.25) is 0 Å². The minimum Gasteiger partial charge on any atom is -0.399 e. The van der Waals surface area contributed by atoms with Crippen molar-refractivity contribution in [3.8, 4) is 0 Å². The molecule has 3 heteroatoms. The summed E-state index contributed by atoms with van der Waals surface area (Å²) in [6.45, 7) is 10.8. The standard InChI is InChI=1S/C33H47BO2/c1-6-7-8-9-10-12-15-25-24-28-20-23-30(25)33(28,26-16-13-11-14-17-26)27-18-21-29(22-19-27)34-35-31(2,3)32(4,5)36-34/h11,13-14,16-19,21-22,25,28,30H,6-10,12,15,20,23-24H2,1-5H3/t25-,28+,30-,33-/m0/s1. The molecule has 0 N–H and O–H groups in total. The van der Waals surface area contributed by atoms with Crippen LogP contribution in [0.4, 0.5) is 0 Å². The van der Waals surface area contributed by atoms with E-state index in [1.54, 1.807) is 0 Å². The van der Waals surface area contributed by atoms with Gasteiger partial charge in [0.2, 0.25) is 0 Å². The molecule has 1 saturated heterocycles. The summed E-state index contributed by atoms with van der Waals surface area (Å²) >= 11 is 0. The highest BCUT2D eigenvalue weighted by Gasteiger charge is 2.60. The maximum Gasteiger partial charge on any atom is 0.494 e. The van der Waals surface area contributed by atoms with Crippen molar-refractivity contribution in [2.24, 2.45) is 17.8 Å². The molecule has 2 aliphatic carbocycles. The summed E-state index contributed by atoms with van der Waals surface area (Å²) in [5.41, 5.74) is 3.71. The third-order valence-electron chi connectivity index (χ3n) is 10.3. The van der Waals surface area contributed by atoms with Gasteiger partial charge in [-0.15, -0.1) is 0 Å². The average Bonchev–Trinajstić information content (AvgIpc) is 3.47. The molecule has 194 valence electrons. The fraction of sp³-hybridized carbons (Fsp3) is 0.636. The molecule has 2 nitrogen and oxygen atoms in total. The number of hydrogen-bond donors (Lipinski definition) is 0. The number of rotatable bonds is 10. The molecule has 4 atom stereocenters. The van der Waals surface area contributed by atoms with Crippen molar-refractivity contribution in [2.45, 2.75) is 115 Å². The highest BCUT2D eigenvalue weighted by atomic mass is 16.7. The van der Waals surface area contributed by atoms with Crippen LogP contribution < -0.4 is 5.46 Å². The summed E-state index contributed by atoms with van der Waals surface area (Å²) in [7, 11) is -0.294. The SMILES string of the molecule is CCCCCCCC[C@H]1C[C@H]2CC[C@@H]1[C@@]2(c1ccccc1)c1ccc(B2OC(C)(C)C(C)(C)O2)cc1. The maximum atomic E-state index is 6.35. The Morgan fingerprint density at radius 3 is 2.03 bits per heavy atom. The lowest BCUT2D eigenvalue weighted by molar-refractivity contribution is 0.00578. The van der Waals surface area contributed by atoms with Crippen LogP contribution in [0.5, 0.6) is 0 Å². The third kappa shape index (κ3) is 4.49. The normalized spacial score (nSPS) is 30.2. The van der Waals surface area contributed by atoms with Crippen molar-refractivity contribution in [2.75, 3.05) is 0 Å². The second kappa shape index (κ2) is 10.3. The summed E-state index contributed by atoms with van der Waals surface area (Å²) < 4.78 is 12.7. The van der Waals surface area contributed by atoms with E-state index in [9.17, 15) is 0 Å². The van der Waals surface area contributed by atoms with Gasteiger partial charge in [0.1, 0.15) is 0 Å². The fourth-order valence-corrected chi connectivity index (χ4v) is 7.76. The van der Waals surface area contributed by atoms with Crippen LogP contribution in [0.3, 0.4) is 0 Å². The molecule has 2 bridgehead atoms. The highest BCUT2D eigenvalue weighted by Crippen LogP contribution is 2.65. The van der Waals surface area contributed by atoms with E-state index in [0.717, 1.165) is 23.2 Å². The Morgan fingerprint density at radius 2 is 1.36 bits per heavy atom. The summed E-state index contributed by atoms with van der Waals surface area (Å²) in [6.07, 6.45) is 13.9. The molecule has 0 unspecified atom stereocenters. The number of unbranched alkanes of at least 4 members (excludes halogenated alkanes) is 5. The predicted octanol–water partition coefficient (Wildman–Crippen LogP) is 8.07. The van der Waals surface area contributed by atoms with Crippen LogP contribution in [0, 0.1) is 17.8 Å². The first-order chi connectivity index (χ1) is 17.3. The van der Waals surface area contributed by atoms with E-state index in [4.69, 9.17) is 9.31 Å². The van der Waals surface area contributed by atoms with Crippen molar-refractivity contribution in [1.29, 1.82) is 0 Å². The highest BCUT2D eigenvalue weighted by molar-refractivity contribution is 6.62. The lowest BCUT2D eigenvalue weighted by Crippen LogP contribution is -2.41. The average molecular weight is 487 g/mol. The molecule has 1 heterocycles. The molecule has 0 amide bonds. The summed E-state index contributed by atoms with van der Waals surface area (Å²) in [4.78, 5) is 0. The second-order valence-corrected chi connectivity index (χ2v) is 12.9. The predicted molar refractivity (Wildman–Crippen MR) is 152 cm³/mol. The largest absolute Gasteiger partial charge is 0.494 e. The van der Waals surface area contributed by atoms with Gasteiger partial charge >= 0.3 is 7.12 Å². The summed E-state index contributed by atoms with van der Waals surface area (Å²) in [6, 6.07) is 20.8. The van der Waals surface area contributed by atoms with Gasteiger partial charge in [0.05, 0.1) is 11.2 Å². The van der Waals surface area contributed by atoms with Crippen molar-refractivity contribution in [1.82, 2.24) is 0 Å². The van der Waals surface area contributed by atoms with E-state index in [0.29, 0.717) is 0 Å². The van der Waals surface area contributed by atoms with Crippen molar-refractivity contribution >= 4 is 12.6 Å². The second-order valence-electron chi connectivity index (χ2n) is 12.9. The molecule has 36 heavy (non-hydrogen) atoms. The van der Waals surface area contributed by atoms with Crippen LogP contribution in [-0.2, 0) is 14.7 Å². The Hall–Kier alpha value is -1.58. The number of benzene rings is 2. The molecule has 5 rings (SSSR count). The van der Waals surface area contributed by atoms with E-state index in [2.05, 4.69) is 89.2 Å². The van der Waals surface area contributed by atoms with E-state index in [-0.39, 0.29) is 23.7 Å². The number of fused-ring (bicyclic) bond motifs is 2. The smallest absolute Gasteiger partial charge is 0.399 e. The van der Waals surface area contributed by atoms with Gasteiger partial charge < -0.3 is 9.31 Å². The van der Waals surface area contributed by atoms with Gasteiger partial charge in [-0.25, -0.2) is 0 Å². The lowest BCUT2D eigenvalue weighted by Gasteiger charge is -2.37. The lowest BCUT2D eigenvalue weighted by atomic mass is 9.65. The summed E-state index contributed by atoms with van der Waals surface area (Å²) in [5.74, 6) is 2.36. The van der Waals surface area contributed by atoms with E-state index >= 15 is 0 Å². The molecule has 1 aliphatic heterocycles. The molecule has 0 radical (unpaired) electrons. The molecule has 0 spiro atoms. The molecule has 2 saturated carbocycles. The molecular formula is C33H47BO2. The van der Waals surface area contributed by atoms with Gasteiger partial charge in [-0.05, 0) is 81.3 Å². The molecular weight excluding hydrogens is 439 g/mol. The topological polar surface area (TPSA) is 18.5 Å². The Kier molecular flexibility index (Phi) is 7.45. The van der Waals surface area contributed by atoms with Crippen LogP contribution in [0.1, 0.15) is 110 Å². The van der Waals surface area contributed by atoms with Crippen molar-refractivity contribution in [3.05, 3.63) is 65.7 Å². The first-order valence-electron chi connectivity index (χ1n) is 14.8. The maximum absolute atomic E-state index is 6.35. The molecule has 3 aliphatic rings. The Balaban J connectivity index is 1.39. The van der Waals surface area contributed by atoms with Crippen LogP contribution in [0.25, 0.3) is 0 Å². The first-order valence-corrected chi connectivity index (χ1v) is 14.8. The Morgan fingerprint density at radius 1 is 0.750 bits per heavy atom. The van der Waals surface area contributed by atoms with E-state index in [1.165, 1.54) is 75.3 Å². The monoisotopic (exact) mass is 486 g/mol. The minimum atomic E-state index is -0.310. The van der Waals surface area contributed by atoms with Crippen molar-refractivity contribution in [3.63, 3.8) is 0 Å². The van der Waals surface area contributed by atoms with E-state index < -0.39 is 0 Å². The summed E-state index contributed by atoms with van der Waals surface area (Å²) in [5, 5.41) is 0. The van der Waals surface area contributed by atoms with Gasteiger partial charge in [0.25, 0.3) is 0 Å². The fourth-order valence-electron chi connectivity index (χ4n) is 7.76. The number of hydrogen-bond acceptors (Lipinski definition) is 2. The Bertz CT molecular complexity index is 982. The van der Waals surface area contributed by atoms with Crippen LogP contribution in [0.15, 0.2) is 54.6 Å². The minimum absolute atomic E-state index is 0.155. The molecule has 2 aromatic carbocycles. The zero-order valence-electron chi connectivity index (χ0n) is 23.4. The quantitative estimate of drug-likeness (QED) is 0.250. The van der Waals surface area contributed by atoms with Crippen molar-refractivity contribution < 1.29 is 9.31 Å².